The second kappa shape index (κ2) is 9.01. The van der Waals surface area contributed by atoms with Gasteiger partial charge in [-0.3, -0.25) is 0 Å². The lowest BCUT2D eigenvalue weighted by Gasteiger charge is -2.14. The highest BCUT2D eigenvalue weighted by Gasteiger charge is 2.52. The summed E-state index contributed by atoms with van der Waals surface area (Å²) in [5.41, 5.74) is 0. The quantitative estimate of drug-likeness (QED) is 0.467. The molecule has 126 valence electrons. The molecule has 0 radical (unpaired) electrons. The highest BCUT2D eigenvalue weighted by atomic mass is 16.6. The Morgan fingerprint density at radius 1 is 0.864 bits per heavy atom. The molecule has 0 aromatic heterocycles. The van der Waals surface area contributed by atoms with Gasteiger partial charge < -0.3 is 14.8 Å². The van der Waals surface area contributed by atoms with Gasteiger partial charge in [0.2, 0.25) is 0 Å². The van der Waals surface area contributed by atoms with Crippen molar-refractivity contribution in [2.24, 2.45) is 0 Å². The van der Waals surface area contributed by atoms with Gasteiger partial charge in [-0.1, -0.05) is 64.7 Å². The third-order valence-corrected chi connectivity index (χ3v) is 4.58. The van der Waals surface area contributed by atoms with Crippen LogP contribution in [0.5, 0.6) is 0 Å². The van der Waals surface area contributed by atoms with E-state index in [4.69, 9.17) is 9.47 Å². The van der Waals surface area contributed by atoms with Gasteiger partial charge in [0.15, 0.2) is 12.1 Å². The zero-order valence-electron chi connectivity index (χ0n) is 13.6. The number of cyclic esters (lactones) is 1. The Bertz CT molecular complexity index is 372. The highest BCUT2D eigenvalue weighted by molar-refractivity contribution is 5.87. The van der Waals surface area contributed by atoms with Crippen LogP contribution in [0.1, 0.15) is 77.6 Å². The second-order valence-electron chi connectivity index (χ2n) is 6.44. The molecule has 2 heterocycles. The second-order valence-corrected chi connectivity index (χ2v) is 6.44. The molecule has 2 fully saturated rings. The molecule has 0 aliphatic carbocycles. The molecule has 1 N–H and O–H groups in total. The number of nitrogens with one attached hydrogen (secondary N) is 1. The van der Waals surface area contributed by atoms with Crippen LogP contribution in [-0.4, -0.2) is 30.3 Å². The monoisotopic (exact) mass is 311 g/mol. The van der Waals surface area contributed by atoms with E-state index < -0.39 is 18.2 Å². The molecule has 0 aromatic carbocycles. The van der Waals surface area contributed by atoms with E-state index in [2.05, 4.69) is 12.2 Å². The number of fused-ring (bicyclic) bond motifs is 1. The number of carbonyl (C=O) groups is 2. The Labute approximate surface area is 133 Å². The summed E-state index contributed by atoms with van der Waals surface area (Å²) in [6, 6.07) is -0.583. The largest absolute Gasteiger partial charge is 0.457 e. The molecule has 2 saturated heterocycles. The molecule has 1 amide bonds. The maximum atomic E-state index is 11.6. The predicted molar refractivity (Wildman–Crippen MR) is 83.5 cm³/mol. The molecule has 2 rings (SSSR count). The molecule has 3 atom stereocenters. The van der Waals surface area contributed by atoms with Crippen molar-refractivity contribution in [2.45, 2.75) is 95.8 Å². The maximum absolute atomic E-state index is 11.6. The standard InChI is InChI=1S/C17H29NO4/c1-2-3-4-5-6-7-8-9-10-11-12-13-15-14(16(19)21-13)18-17(20)22-15/h13-15H,2-12H2,1H3,(H,18,20)/t13-,14+,15+/m0/s1. The average Bonchev–Trinajstić information content (AvgIpc) is 3.01. The number of esters is 1. The minimum Gasteiger partial charge on any atom is -0.457 e. The Kier molecular flexibility index (Phi) is 7.00. The fourth-order valence-corrected chi connectivity index (χ4v) is 3.26. The summed E-state index contributed by atoms with van der Waals surface area (Å²) >= 11 is 0. The topological polar surface area (TPSA) is 64.6 Å². The number of hydrogen-bond donors (Lipinski definition) is 1. The van der Waals surface area contributed by atoms with Gasteiger partial charge in [-0.15, -0.1) is 0 Å². The summed E-state index contributed by atoms with van der Waals surface area (Å²) in [7, 11) is 0. The van der Waals surface area contributed by atoms with E-state index in [-0.39, 0.29) is 12.1 Å². The lowest BCUT2D eigenvalue weighted by Crippen LogP contribution is -2.35. The van der Waals surface area contributed by atoms with Gasteiger partial charge in [0.25, 0.3) is 0 Å². The van der Waals surface area contributed by atoms with Crippen LogP contribution in [0, 0.1) is 0 Å². The molecular weight excluding hydrogens is 282 g/mol. The minimum absolute atomic E-state index is 0.259. The molecule has 2 aliphatic heterocycles. The van der Waals surface area contributed by atoms with Gasteiger partial charge in [0.1, 0.15) is 6.10 Å². The molecule has 2 aliphatic rings. The molecule has 22 heavy (non-hydrogen) atoms. The molecule has 5 heteroatoms. The highest BCUT2D eigenvalue weighted by Crippen LogP contribution is 2.27. The zero-order valence-corrected chi connectivity index (χ0v) is 13.6. The van der Waals surface area contributed by atoms with Crippen molar-refractivity contribution in [3.05, 3.63) is 0 Å². The van der Waals surface area contributed by atoms with Gasteiger partial charge in [0, 0.05) is 0 Å². The Hall–Kier alpha value is -1.26. The smallest absolute Gasteiger partial charge is 0.408 e. The van der Waals surface area contributed by atoms with Gasteiger partial charge >= 0.3 is 12.1 Å². The summed E-state index contributed by atoms with van der Waals surface area (Å²) in [4.78, 5) is 22.7. The van der Waals surface area contributed by atoms with E-state index >= 15 is 0 Å². The molecule has 0 saturated carbocycles. The molecule has 0 unspecified atom stereocenters. The lowest BCUT2D eigenvalue weighted by molar-refractivity contribution is -0.143. The number of unbranched alkanes of at least 4 members (excludes halogenated alkanes) is 9. The summed E-state index contributed by atoms with van der Waals surface area (Å²) in [5.74, 6) is -0.354. The van der Waals surface area contributed by atoms with Crippen LogP contribution in [0.2, 0.25) is 0 Å². The van der Waals surface area contributed by atoms with Crippen LogP contribution in [0.25, 0.3) is 0 Å². The number of alkyl carbamates (subject to hydrolysis) is 1. The predicted octanol–water partition coefficient (Wildman–Crippen LogP) is 3.70. The van der Waals surface area contributed by atoms with E-state index in [1.807, 2.05) is 0 Å². The van der Waals surface area contributed by atoms with Gasteiger partial charge in [0.05, 0.1) is 0 Å². The molecule has 0 bridgehead atoms. The van der Waals surface area contributed by atoms with Crippen molar-refractivity contribution in [1.29, 1.82) is 0 Å². The van der Waals surface area contributed by atoms with E-state index in [9.17, 15) is 9.59 Å². The normalized spacial score (nSPS) is 26.5. The third-order valence-electron chi connectivity index (χ3n) is 4.58. The minimum atomic E-state index is -0.583. The van der Waals surface area contributed by atoms with Crippen molar-refractivity contribution >= 4 is 12.1 Å². The van der Waals surface area contributed by atoms with E-state index in [0.29, 0.717) is 0 Å². The summed E-state index contributed by atoms with van der Waals surface area (Å²) in [6.07, 6.45) is 12.4. The van der Waals surface area contributed by atoms with Gasteiger partial charge in [-0.05, 0) is 12.8 Å². The summed E-state index contributed by atoms with van der Waals surface area (Å²) < 4.78 is 10.4. The average molecular weight is 311 g/mol. The fourth-order valence-electron chi connectivity index (χ4n) is 3.26. The number of carbonyl (C=O) groups excluding carboxylic acids is 2. The van der Waals surface area contributed by atoms with Crippen LogP contribution < -0.4 is 5.32 Å². The first-order valence-electron chi connectivity index (χ1n) is 8.90. The maximum Gasteiger partial charge on any atom is 0.408 e. The number of hydrogen-bond acceptors (Lipinski definition) is 4. The Balaban J connectivity index is 1.47. The number of rotatable bonds is 11. The zero-order chi connectivity index (χ0) is 15.8. The van der Waals surface area contributed by atoms with Crippen LogP contribution in [0.3, 0.4) is 0 Å². The van der Waals surface area contributed by atoms with E-state index in [1.165, 1.54) is 51.4 Å². The summed E-state index contributed by atoms with van der Waals surface area (Å²) in [5, 5.41) is 2.50. The third kappa shape index (κ3) is 4.89. The number of amides is 1. The fraction of sp³-hybridized carbons (Fsp3) is 0.882. The van der Waals surface area contributed by atoms with Crippen molar-refractivity contribution < 1.29 is 19.1 Å². The molecule has 0 aromatic rings. The van der Waals surface area contributed by atoms with E-state index in [0.717, 1.165) is 19.3 Å². The van der Waals surface area contributed by atoms with Crippen LogP contribution in [0.15, 0.2) is 0 Å². The van der Waals surface area contributed by atoms with Crippen LogP contribution >= 0.6 is 0 Å². The molecule has 5 nitrogen and oxygen atoms in total. The van der Waals surface area contributed by atoms with Crippen LogP contribution in [0.4, 0.5) is 4.79 Å². The first-order valence-corrected chi connectivity index (χ1v) is 8.90. The van der Waals surface area contributed by atoms with E-state index in [1.54, 1.807) is 0 Å². The van der Waals surface area contributed by atoms with Gasteiger partial charge in [-0.2, -0.15) is 0 Å². The first-order chi connectivity index (χ1) is 10.7. The number of ether oxygens (including phenoxy) is 2. The molecular formula is C17H29NO4. The Morgan fingerprint density at radius 3 is 2.09 bits per heavy atom. The summed E-state index contributed by atoms with van der Waals surface area (Å²) in [6.45, 7) is 2.24. The SMILES string of the molecule is CCCCCCCCCCCC[C@@H]1OC(=O)[C@@H]2NC(=O)O[C@H]12. The van der Waals surface area contributed by atoms with Crippen molar-refractivity contribution in [3.8, 4) is 0 Å². The first kappa shape index (κ1) is 17.1. The molecule has 0 spiro atoms. The van der Waals surface area contributed by atoms with Crippen molar-refractivity contribution in [2.75, 3.05) is 0 Å². The van der Waals surface area contributed by atoms with Gasteiger partial charge in [-0.25, -0.2) is 9.59 Å². The van der Waals surface area contributed by atoms with Crippen molar-refractivity contribution in [1.82, 2.24) is 5.32 Å². The lowest BCUT2D eigenvalue weighted by atomic mass is 10.0. The Morgan fingerprint density at radius 2 is 1.45 bits per heavy atom. The van der Waals surface area contributed by atoms with Crippen LogP contribution in [-0.2, 0) is 14.3 Å². The van der Waals surface area contributed by atoms with Crippen molar-refractivity contribution in [3.63, 3.8) is 0 Å².